The highest BCUT2D eigenvalue weighted by atomic mass is 17.0. The topological polar surface area (TPSA) is 194 Å². The van der Waals surface area contributed by atoms with Crippen LogP contribution in [0.4, 0.5) is 0 Å². The number of nitrogens with zero attached hydrogens (tertiary/aromatic N) is 2. The Bertz CT molecular complexity index is 382. The number of carbonyl (C=O) groups excluding carboxylic acids is 1. The summed E-state index contributed by atoms with van der Waals surface area (Å²) < 4.78 is 4.64. The largest absolute Gasteiger partial charge is 0.480 e. The van der Waals surface area contributed by atoms with Crippen molar-refractivity contribution >= 4 is 11.9 Å². The summed E-state index contributed by atoms with van der Waals surface area (Å²) in [6, 6.07) is -1.28. The molecule has 120 valence electrons. The third-order valence-electron chi connectivity index (χ3n) is 2.01. The molecule has 1 atom stereocenters. The zero-order valence-corrected chi connectivity index (χ0v) is 10.6. The van der Waals surface area contributed by atoms with E-state index in [1.165, 1.54) is 0 Å². The van der Waals surface area contributed by atoms with Crippen molar-refractivity contribution in [2.45, 2.75) is 25.0 Å². The van der Waals surface area contributed by atoms with Gasteiger partial charge in [-0.1, -0.05) is 0 Å². The number of ether oxygens (including phenoxy) is 1. The van der Waals surface area contributed by atoms with Crippen LogP contribution in [0, 0.1) is 20.2 Å². The van der Waals surface area contributed by atoms with Crippen LogP contribution in [0.25, 0.3) is 0 Å². The highest BCUT2D eigenvalue weighted by Gasteiger charge is 2.20. The average Bonchev–Trinajstić information content (AvgIpc) is 2.38. The van der Waals surface area contributed by atoms with E-state index in [1.54, 1.807) is 0 Å². The molecule has 0 saturated heterocycles. The lowest BCUT2D eigenvalue weighted by Gasteiger charge is -2.16. The third-order valence-corrected chi connectivity index (χ3v) is 2.01. The SMILES string of the molecule is NC(CCC(=O)OC(CO[N+](=O)[O-])CO[N+](=O)[O-])C(=O)O. The van der Waals surface area contributed by atoms with Gasteiger partial charge in [0.2, 0.25) is 0 Å². The molecule has 0 aromatic heterocycles. The van der Waals surface area contributed by atoms with Crippen LogP contribution in [-0.4, -0.2) is 52.6 Å². The van der Waals surface area contributed by atoms with Crippen molar-refractivity contribution < 1.29 is 39.3 Å². The van der Waals surface area contributed by atoms with E-state index in [0.29, 0.717) is 0 Å². The smallest absolute Gasteiger partial charge is 0.320 e. The summed E-state index contributed by atoms with van der Waals surface area (Å²) >= 11 is 0. The van der Waals surface area contributed by atoms with E-state index >= 15 is 0 Å². The minimum Gasteiger partial charge on any atom is -0.480 e. The molecule has 0 saturated carbocycles. The Hall–Kier alpha value is -2.70. The predicted octanol–water partition coefficient (Wildman–Crippen LogP) is -1.49. The molecule has 0 aliphatic carbocycles. The second-order valence-electron chi connectivity index (χ2n) is 3.63. The highest BCUT2D eigenvalue weighted by molar-refractivity contribution is 5.75. The van der Waals surface area contributed by atoms with Crippen molar-refractivity contribution in [1.82, 2.24) is 0 Å². The van der Waals surface area contributed by atoms with E-state index in [2.05, 4.69) is 14.4 Å². The second-order valence-corrected chi connectivity index (χ2v) is 3.63. The van der Waals surface area contributed by atoms with Gasteiger partial charge in [0.1, 0.15) is 25.4 Å². The molecule has 0 rings (SSSR count). The summed E-state index contributed by atoms with van der Waals surface area (Å²) in [6.07, 6.45) is -2.01. The molecule has 0 aliphatic heterocycles. The zero-order chi connectivity index (χ0) is 16.4. The first-order chi connectivity index (χ1) is 9.72. The summed E-state index contributed by atoms with van der Waals surface area (Å²) in [5, 5.41) is 26.2. The Labute approximate surface area is 116 Å². The summed E-state index contributed by atoms with van der Waals surface area (Å²) in [7, 11) is 0. The van der Waals surface area contributed by atoms with Crippen LogP contribution in [0.1, 0.15) is 12.8 Å². The first kappa shape index (κ1) is 18.3. The van der Waals surface area contributed by atoms with Gasteiger partial charge < -0.3 is 25.3 Å². The van der Waals surface area contributed by atoms with Crippen molar-refractivity contribution in [2.75, 3.05) is 13.2 Å². The van der Waals surface area contributed by atoms with Crippen molar-refractivity contribution in [2.24, 2.45) is 5.73 Å². The molecular weight excluding hydrogens is 298 g/mol. The monoisotopic (exact) mass is 311 g/mol. The van der Waals surface area contributed by atoms with Gasteiger partial charge >= 0.3 is 11.9 Å². The molecule has 13 heteroatoms. The van der Waals surface area contributed by atoms with Crippen LogP contribution in [0.3, 0.4) is 0 Å². The lowest BCUT2D eigenvalue weighted by Crippen LogP contribution is -2.33. The standard InChI is InChI=1S/C8H13N3O10/c9-6(8(13)14)1-2-7(12)21-5(3-19-10(15)16)4-20-11(17)18/h5-6H,1-4,9H2,(H,13,14). The van der Waals surface area contributed by atoms with Crippen LogP contribution >= 0.6 is 0 Å². The van der Waals surface area contributed by atoms with E-state index < -0.39 is 47.5 Å². The Kier molecular flexibility index (Phi) is 8.05. The normalized spacial score (nSPS) is 11.5. The van der Waals surface area contributed by atoms with E-state index in [4.69, 9.17) is 10.8 Å². The second kappa shape index (κ2) is 9.24. The van der Waals surface area contributed by atoms with Gasteiger partial charge in [0.05, 0.1) is 0 Å². The number of carbonyl (C=O) groups is 2. The van der Waals surface area contributed by atoms with Gasteiger partial charge in [0.15, 0.2) is 0 Å². The molecule has 0 bridgehead atoms. The van der Waals surface area contributed by atoms with Crippen LogP contribution in [-0.2, 0) is 24.0 Å². The fourth-order valence-electron chi connectivity index (χ4n) is 1.05. The Morgan fingerprint density at radius 2 is 1.62 bits per heavy atom. The van der Waals surface area contributed by atoms with Gasteiger partial charge in [-0.3, -0.25) is 9.59 Å². The summed E-state index contributed by atoms with van der Waals surface area (Å²) in [5.41, 5.74) is 5.16. The summed E-state index contributed by atoms with van der Waals surface area (Å²) in [4.78, 5) is 49.6. The number of aliphatic carboxylic acids is 1. The maximum atomic E-state index is 11.3. The van der Waals surface area contributed by atoms with Gasteiger partial charge in [0.25, 0.3) is 10.2 Å². The summed E-state index contributed by atoms with van der Waals surface area (Å²) in [6.45, 7) is -1.53. The molecule has 13 nitrogen and oxygen atoms in total. The molecule has 0 spiro atoms. The number of carboxylic acids is 1. The van der Waals surface area contributed by atoms with Gasteiger partial charge in [-0.25, -0.2) is 0 Å². The molecule has 0 aliphatic rings. The van der Waals surface area contributed by atoms with Crippen molar-refractivity contribution in [1.29, 1.82) is 0 Å². The minimum absolute atomic E-state index is 0.229. The molecule has 1 unspecified atom stereocenters. The maximum Gasteiger partial charge on any atom is 0.320 e. The van der Waals surface area contributed by atoms with E-state index in [1.807, 2.05) is 0 Å². The quantitative estimate of drug-likeness (QED) is 0.256. The fraction of sp³-hybridized carbons (Fsp3) is 0.750. The molecular formula is C8H13N3O10. The van der Waals surface area contributed by atoms with E-state index in [-0.39, 0.29) is 12.8 Å². The number of esters is 1. The number of hydrogen-bond acceptors (Lipinski definition) is 10. The highest BCUT2D eigenvalue weighted by Crippen LogP contribution is 2.03. The van der Waals surface area contributed by atoms with Crippen molar-refractivity contribution in [3.8, 4) is 0 Å². The first-order valence-electron chi connectivity index (χ1n) is 5.44. The van der Waals surface area contributed by atoms with E-state index in [9.17, 15) is 29.8 Å². The minimum atomic E-state index is -1.39. The lowest BCUT2D eigenvalue weighted by molar-refractivity contribution is -0.768. The maximum absolute atomic E-state index is 11.3. The Morgan fingerprint density at radius 3 is 2.00 bits per heavy atom. The van der Waals surface area contributed by atoms with Gasteiger partial charge in [-0.2, -0.15) is 0 Å². The zero-order valence-electron chi connectivity index (χ0n) is 10.6. The van der Waals surface area contributed by atoms with Gasteiger partial charge in [-0.05, 0) is 6.42 Å². The molecule has 3 N–H and O–H groups in total. The molecule has 0 heterocycles. The molecule has 0 aromatic carbocycles. The lowest BCUT2D eigenvalue weighted by atomic mass is 10.2. The van der Waals surface area contributed by atoms with E-state index in [0.717, 1.165) is 0 Å². The fourth-order valence-corrected chi connectivity index (χ4v) is 1.05. The number of hydrogen-bond donors (Lipinski definition) is 2. The summed E-state index contributed by atoms with van der Waals surface area (Å²) in [5.74, 6) is -2.26. The van der Waals surface area contributed by atoms with Crippen LogP contribution in [0.15, 0.2) is 0 Å². The number of nitrogens with two attached hydrogens (primary N) is 1. The molecule has 0 amide bonds. The Morgan fingerprint density at radius 1 is 1.14 bits per heavy atom. The molecule has 0 aromatic rings. The average molecular weight is 311 g/mol. The molecule has 0 radical (unpaired) electrons. The van der Waals surface area contributed by atoms with Crippen LogP contribution in [0.5, 0.6) is 0 Å². The molecule has 0 fully saturated rings. The van der Waals surface area contributed by atoms with Crippen LogP contribution < -0.4 is 5.73 Å². The van der Waals surface area contributed by atoms with Crippen LogP contribution in [0.2, 0.25) is 0 Å². The van der Waals surface area contributed by atoms with Gasteiger partial charge in [-0.15, -0.1) is 20.2 Å². The van der Waals surface area contributed by atoms with Crippen molar-refractivity contribution in [3.05, 3.63) is 20.2 Å². The predicted molar refractivity (Wildman–Crippen MR) is 60.6 cm³/mol. The third kappa shape index (κ3) is 9.83. The van der Waals surface area contributed by atoms with Gasteiger partial charge in [0, 0.05) is 6.42 Å². The number of carboxylic acid groups (broad SMARTS) is 1. The molecule has 21 heavy (non-hydrogen) atoms. The van der Waals surface area contributed by atoms with Crippen molar-refractivity contribution in [3.63, 3.8) is 0 Å². The first-order valence-corrected chi connectivity index (χ1v) is 5.44. The Balaban J connectivity index is 4.28. The number of rotatable bonds is 11.